The number of hydrogen-bond acceptors (Lipinski definition) is 9. The summed E-state index contributed by atoms with van der Waals surface area (Å²) in [6.07, 6.45) is -5.97. The number of aliphatic hydroxyl groups is 1. The first kappa shape index (κ1) is 23.8. The molecule has 0 spiro atoms. The topological polar surface area (TPSA) is 183 Å². The zero-order valence-corrected chi connectivity index (χ0v) is 18.0. The molecule has 0 aliphatic carbocycles. The van der Waals surface area contributed by atoms with Crippen LogP contribution in [0.2, 0.25) is 5.28 Å². The molecule has 3 aromatic rings. The van der Waals surface area contributed by atoms with E-state index in [9.17, 15) is 29.3 Å². The van der Waals surface area contributed by atoms with E-state index < -0.39 is 55.2 Å². The molecule has 34 heavy (non-hydrogen) atoms. The number of halogens is 2. The second-order valence-corrected chi connectivity index (χ2v) is 7.95. The highest BCUT2D eigenvalue weighted by molar-refractivity contribution is 6.28. The van der Waals surface area contributed by atoms with Crippen molar-refractivity contribution in [2.45, 2.75) is 36.6 Å². The van der Waals surface area contributed by atoms with Gasteiger partial charge in [0, 0.05) is 6.42 Å². The Balaban J connectivity index is 1.57. The summed E-state index contributed by atoms with van der Waals surface area (Å²) in [6, 6.07) is 7.99. The maximum absolute atomic E-state index is 15.0. The van der Waals surface area contributed by atoms with Crippen molar-refractivity contribution in [1.82, 2.24) is 19.7 Å². The van der Waals surface area contributed by atoms with Crippen LogP contribution in [0.3, 0.4) is 0 Å². The lowest BCUT2D eigenvalue weighted by Crippen LogP contribution is -2.52. The summed E-state index contributed by atoms with van der Waals surface area (Å²) in [7, 11) is 0. The minimum absolute atomic E-state index is 0.00342. The number of anilines is 1. The molecule has 1 saturated heterocycles. The Morgan fingerprint density at radius 3 is 2.56 bits per heavy atom. The number of aliphatic hydroxyl groups excluding tert-OH is 1. The van der Waals surface area contributed by atoms with Crippen LogP contribution in [0.25, 0.3) is 11.0 Å². The van der Waals surface area contributed by atoms with Gasteiger partial charge in [-0.05, 0) is 17.2 Å². The fourth-order valence-electron chi connectivity index (χ4n) is 3.67. The number of carboxylic acids is 2. The minimum Gasteiger partial charge on any atom is -0.479 e. The van der Waals surface area contributed by atoms with Crippen LogP contribution in [-0.2, 0) is 25.5 Å². The highest BCUT2D eigenvalue weighted by Crippen LogP contribution is 2.35. The number of ether oxygens (including phenoxy) is 2. The number of nitrogens with two attached hydrogens (primary N) is 1. The van der Waals surface area contributed by atoms with Crippen molar-refractivity contribution in [3.8, 4) is 0 Å². The molecule has 2 aromatic heterocycles. The number of carboxylic acid groups (broad SMARTS) is 2. The molecule has 0 amide bonds. The molecular formula is C20H19ClFN5O7. The van der Waals surface area contributed by atoms with Gasteiger partial charge < -0.3 is 30.5 Å². The molecule has 3 heterocycles. The summed E-state index contributed by atoms with van der Waals surface area (Å²) in [5, 5.41) is 33.8. The van der Waals surface area contributed by atoms with Crippen LogP contribution in [0.15, 0.2) is 36.5 Å². The average Bonchev–Trinajstić information content (AvgIpc) is 3.33. The van der Waals surface area contributed by atoms with Crippen molar-refractivity contribution < 1.29 is 38.8 Å². The number of nitrogens with zero attached hydrogens (tertiary/aromatic N) is 4. The largest absolute Gasteiger partial charge is 0.479 e. The van der Waals surface area contributed by atoms with Crippen LogP contribution in [-0.4, -0.2) is 77.6 Å². The molecule has 5 N–H and O–H groups in total. The van der Waals surface area contributed by atoms with Gasteiger partial charge in [0.2, 0.25) is 5.28 Å². The number of fused-ring (bicyclic) bond motifs is 1. The summed E-state index contributed by atoms with van der Waals surface area (Å²) in [5.74, 6) is -3.52. The van der Waals surface area contributed by atoms with Crippen LogP contribution in [0, 0.1) is 0 Å². The Morgan fingerprint density at radius 2 is 1.91 bits per heavy atom. The van der Waals surface area contributed by atoms with Crippen molar-refractivity contribution in [3.05, 3.63) is 47.4 Å². The number of carbonyl (C=O) groups is 2. The van der Waals surface area contributed by atoms with Crippen LogP contribution in [0.5, 0.6) is 0 Å². The SMILES string of the molecule is Nc1nc(Cl)nc2c1cnn2[C@@H]1O[C@H](COC(Cc2ccccc2)(C(=O)O)C(=O)O)[C@@H](O)[C@@H]1F. The molecular weight excluding hydrogens is 477 g/mol. The number of aliphatic carboxylic acids is 2. The normalized spacial score (nSPS) is 22.8. The Labute approximate surface area is 195 Å². The van der Waals surface area contributed by atoms with E-state index in [1.807, 2.05) is 0 Å². The fraction of sp³-hybridized carbons (Fsp3) is 0.350. The Kier molecular flexibility index (Phi) is 6.36. The zero-order valence-electron chi connectivity index (χ0n) is 17.3. The number of hydrogen-bond donors (Lipinski definition) is 4. The van der Waals surface area contributed by atoms with E-state index >= 15 is 0 Å². The van der Waals surface area contributed by atoms with Crippen LogP contribution in [0.4, 0.5) is 10.2 Å². The first-order valence-corrected chi connectivity index (χ1v) is 10.3. The smallest absolute Gasteiger partial charge is 0.348 e. The number of nitrogen functional groups attached to an aromatic ring is 1. The molecule has 1 aliphatic heterocycles. The van der Waals surface area contributed by atoms with Gasteiger partial charge in [-0.3, -0.25) is 0 Å². The molecule has 12 nitrogen and oxygen atoms in total. The molecule has 4 atom stereocenters. The van der Waals surface area contributed by atoms with E-state index in [0.717, 1.165) is 4.68 Å². The molecule has 1 aliphatic rings. The van der Waals surface area contributed by atoms with Gasteiger partial charge in [0.15, 0.2) is 18.0 Å². The monoisotopic (exact) mass is 495 g/mol. The number of aromatic nitrogens is 4. The third-order valence-electron chi connectivity index (χ3n) is 5.47. The number of benzene rings is 1. The van der Waals surface area contributed by atoms with Crippen molar-refractivity contribution in [3.63, 3.8) is 0 Å². The Morgan fingerprint density at radius 1 is 1.24 bits per heavy atom. The fourth-order valence-corrected chi connectivity index (χ4v) is 3.84. The second-order valence-electron chi connectivity index (χ2n) is 7.62. The highest BCUT2D eigenvalue weighted by atomic mass is 35.5. The number of rotatable bonds is 8. The quantitative estimate of drug-likeness (QED) is 0.256. The third kappa shape index (κ3) is 4.14. The third-order valence-corrected chi connectivity index (χ3v) is 5.64. The molecule has 180 valence electrons. The first-order valence-electron chi connectivity index (χ1n) is 9.92. The molecule has 0 radical (unpaired) electrons. The van der Waals surface area contributed by atoms with Crippen molar-refractivity contribution >= 4 is 40.4 Å². The predicted octanol–water partition coefficient (Wildman–Crippen LogP) is 0.826. The van der Waals surface area contributed by atoms with E-state index in [1.165, 1.54) is 6.20 Å². The van der Waals surface area contributed by atoms with Crippen LogP contribution < -0.4 is 5.73 Å². The van der Waals surface area contributed by atoms with Gasteiger partial charge in [0.05, 0.1) is 18.2 Å². The molecule has 1 aromatic carbocycles. The van der Waals surface area contributed by atoms with Gasteiger partial charge in [-0.1, -0.05) is 30.3 Å². The summed E-state index contributed by atoms with van der Waals surface area (Å²) in [6.45, 7) is -0.736. The van der Waals surface area contributed by atoms with E-state index in [0.29, 0.717) is 5.56 Å². The average molecular weight is 496 g/mol. The zero-order chi connectivity index (χ0) is 24.6. The van der Waals surface area contributed by atoms with Gasteiger partial charge >= 0.3 is 11.9 Å². The standard InChI is InChI=1S/C20H19ClFN5O7/c21-19-25-14(23)10-7-24-27(15(10)26-19)16-12(22)13(28)11(34-16)8-33-20(17(29)30,18(31)32)6-9-4-2-1-3-5-9/h1-5,7,11-13,16,28H,6,8H2,(H,29,30)(H,31,32)(H2,23,25,26)/t11-,12+,13-,16-/m1/s1. The molecule has 1 fully saturated rings. The van der Waals surface area contributed by atoms with Crippen molar-refractivity contribution in [2.75, 3.05) is 12.3 Å². The summed E-state index contributed by atoms with van der Waals surface area (Å²) in [4.78, 5) is 31.6. The maximum atomic E-state index is 15.0. The molecule has 0 unspecified atom stereocenters. The van der Waals surface area contributed by atoms with Gasteiger partial charge in [0.1, 0.15) is 18.0 Å². The van der Waals surface area contributed by atoms with Crippen molar-refractivity contribution in [1.29, 1.82) is 0 Å². The second kappa shape index (κ2) is 9.10. The first-order chi connectivity index (χ1) is 16.1. The van der Waals surface area contributed by atoms with Crippen molar-refractivity contribution in [2.24, 2.45) is 0 Å². The summed E-state index contributed by atoms with van der Waals surface area (Å²) < 4.78 is 26.8. The summed E-state index contributed by atoms with van der Waals surface area (Å²) in [5.41, 5.74) is 3.51. The minimum atomic E-state index is -2.69. The van der Waals surface area contributed by atoms with Gasteiger partial charge in [-0.15, -0.1) is 0 Å². The van der Waals surface area contributed by atoms with Gasteiger partial charge in [0.25, 0.3) is 5.60 Å². The van der Waals surface area contributed by atoms with Gasteiger partial charge in [-0.2, -0.15) is 10.1 Å². The lowest BCUT2D eigenvalue weighted by Gasteiger charge is -2.27. The Hall–Kier alpha value is -3.39. The predicted molar refractivity (Wildman–Crippen MR) is 114 cm³/mol. The van der Waals surface area contributed by atoms with E-state index in [1.54, 1.807) is 30.3 Å². The number of alkyl halides is 1. The Bertz CT molecular complexity index is 1210. The molecule has 4 rings (SSSR count). The molecule has 0 saturated carbocycles. The molecule has 0 bridgehead atoms. The van der Waals surface area contributed by atoms with E-state index in [-0.39, 0.29) is 22.1 Å². The molecule has 14 heteroatoms. The highest BCUT2D eigenvalue weighted by Gasteiger charge is 2.52. The van der Waals surface area contributed by atoms with E-state index in [2.05, 4.69) is 15.1 Å². The van der Waals surface area contributed by atoms with Gasteiger partial charge in [-0.25, -0.2) is 23.6 Å². The maximum Gasteiger partial charge on any atom is 0.348 e. The van der Waals surface area contributed by atoms with Crippen LogP contribution >= 0.6 is 11.6 Å². The lowest BCUT2D eigenvalue weighted by atomic mass is 9.94. The lowest BCUT2D eigenvalue weighted by molar-refractivity contribution is -0.190. The summed E-state index contributed by atoms with van der Waals surface area (Å²) >= 11 is 5.82. The van der Waals surface area contributed by atoms with Crippen LogP contribution in [0.1, 0.15) is 11.8 Å². The van der Waals surface area contributed by atoms with E-state index in [4.69, 9.17) is 26.8 Å².